The van der Waals surface area contributed by atoms with Crippen LogP contribution in [0.25, 0.3) is 11.0 Å². The summed E-state index contributed by atoms with van der Waals surface area (Å²) in [5, 5.41) is 9.49. The minimum Gasteiger partial charge on any atom is -0.364 e. The van der Waals surface area contributed by atoms with Crippen LogP contribution < -0.4 is 10.5 Å². The molecule has 4 aromatic rings. The van der Waals surface area contributed by atoms with Gasteiger partial charge in [0.2, 0.25) is 0 Å². The van der Waals surface area contributed by atoms with Crippen LogP contribution in [0.3, 0.4) is 0 Å². The fourth-order valence-electron chi connectivity index (χ4n) is 5.65. The van der Waals surface area contributed by atoms with Crippen molar-refractivity contribution in [2.24, 2.45) is 7.05 Å². The molecule has 1 aliphatic rings. The fourth-order valence-corrected chi connectivity index (χ4v) is 5.65. The predicted molar refractivity (Wildman–Crippen MR) is 146 cm³/mol. The highest BCUT2D eigenvalue weighted by Crippen LogP contribution is 2.37. The summed E-state index contributed by atoms with van der Waals surface area (Å²) in [6.45, 7) is 5.37. The summed E-state index contributed by atoms with van der Waals surface area (Å²) in [6.07, 6.45) is 2.74. The molecule has 2 unspecified atom stereocenters. The van der Waals surface area contributed by atoms with Crippen LogP contribution in [0.1, 0.15) is 49.7 Å². The van der Waals surface area contributed by atoms with Crippen LogP contribution in [0, 0.1) is 23.0 Å². The number of halogens is 2. The number of anilines is 1. The zero-order valence-electron chi connectivity index (χ0n) is 22.2. The van der Waals surface area contributed by atoms with Crippen LogP contribution in [-0.2, 0) is 7.05 Å². The summed E-state index contributed by atoms with van der Waals surface area (Å²) in [4.78, 5) is 26.5. The normalized spacial score (nSPS) is 18.7. The smallest absolute Gasteiger partial charge is 0.252 e. The van der Waals surface area contributed by atoms with Crippen molar-refractivity contribution in [3.63, 3.8) is 0 Å². The molecule has 4 heterocycles. The van der Waals surface area contributed by atoms with Gasteiger partial charge in [0.15, 0.2) is 0 Å². The number of aromatic nitrogens is 3. The molecule has 0 N–H and O–H groups in total. The number of benzene rings is 1. The molecule has 3 aromatic heterocycles. The molecular formula is C30H30F2N6O. The van der Waals surface area contributed by atoms with Gasteiger partial charge >= 0.3 is 0 Å². The predicted octanol–water partition coefficient (Wildman–Crippen LogP) is 4.95. The number of hydrogen-bond acceptors (Lipinski definition) is 6. The van der Waals surface area contributed by atoms with E-state index < -0.39 is 5.82 Å². The van der Waals surface area contributed by atoms with E-state index in [-0.39, 0.29) is 35.2 Å². The maximum Gasteiger partial charge on any atom is 0.252 e. The van der Waals surface area contributed by atoms with Crippen molar-refractivity contribution in [1.29, 1.82) is 5.26 Å². The number of hydrogen-bond donors (Lipinski definition) is 0. The molecular weight excluding hydrogens is 498 g/mol. The summed E-state index contributed by atoms with van der Waals surface area (Å²) in [7, 11) is 1.70. The molecule has 1 saturated heterocycles. The number of nitrogens with zero attached hydrogens (tertiary/aromatic N) is 6. The summed E-state index contributed by atoms with van der Waals surface area (Å²) >= 11 is 0. The Morgan fingerprint density at radius 3 is 2.49 bits per heavy atom. The van der Waals surface area contributed by atoms with Crippen molar-refractivity contribution in [1.82, 2.24) is 19.4 Å². The first-order valence-electron chi connectivity index (χ1n) is 13.1. The molecule has 0 bridgehead atoms. The minimum atomic E-state index is -0.429. The van der Waals surface area contributed by atoms with E-state index in [2.05, 4.69) is 39.7 Å². The molecule has 0 spiro atoms. The van der Waals surface area contributed by atoms with Gasteiger partial charge < -0.3 is 9.47 Å². The van der Waals surface area contributed by atoms with Crippen LogP contribution >= 0.6 is 0 Å². The first-order valence-corrected chi connectivity index (χ1v) is 13.1. The van der Waals surface area contributed by atoms with Gasteiger partial charge in [-0.25, -0.2) is 13.8 Å². The maximum absolute atomic E-state index is 14.4. The standard InChI is InChI=1S/C30H30F2N6O/c1-4-23-18-38(30(19-7-6-8-20(31)13-19)25-11-9-21(32)16-34-25)24(5-2)17-37(23)27-14-28(39)36(3)26-12-10-22(15-33)35-29(26)27/h6-14,16,23-24,30H,4-5,17-18H2,1-3H3/t23-,24?,30?/m0/s1. The van der Waals surface area contributed by atoms with Crippen LogP contribution in [0.4, 0.5) is 14.5 Å². The van der Waals surface area contributed by atoms with Gasteiger partial charge in [0.1, 0.15) is 28.9 Å². The first-order chi connectivity index (χ1) is 18.8. The van der Waals surface area contributed by atoms with E-state index in [4.69, 9.17) is 0 Å². The highest BCUT2D eigenvalue weighted by molar-refractivity contribution is 5.89. The third-order valence-electron chi connectivity index (χ3n) is 7.70. The first kappa shape index (κ1) is 26.4. The average molecular weight is 529 g/mol. The lowest BCUT2D eigenvalue weighted by Crippen LogP contribution is -2.59. The van der Waals surface area contributed by atoms with Gasteiger partial charge in [-0.15, -0.1) is 0 Å². The Morgan fingerprint density at radius 1 is 1.03 bits per heavy atom. The lowest BCUT2D eigenvalue weighted by atomic mass is 9.93. The van der Waals surface area contributed by atoms with E-state index in [1.54, 1.807) is 41.9 Å². The molecule has 7 nitrogen and oxygen atoms in total. The summed E-state index contributed by atoms with van der Waals surface area (Å²) in [5.41, 5.74) is 3.50. The van der Waals surface area contributed by atoms with E-state index in [1.807, 2.05) is 6.07 Å². The van der Waals surface area contributed by atoms with E-state index >= 15 is 0 Å². The van der Waals surface area contributed by atoms with Crippen LogP contribution in [-0.4, -0.2) is 44.6 Å². The van der Waals surface area contributed by atoms with Gasteiger partial charge in [0, 0.05) is 38.3 Å². The summed E-state index contributed by atoms with van der Waals surface area (Å²) in [6, 6.07) is 16.2. The Kier molecular flexibility index (Phi) is 7.40. The van der Waals surface area contributed by atoms with Crippen molar-refractivity contribution >= 4 is 16.7 Å². The molecule has 9 heteroatoms. The van der Waals surface area contributed by atoms with Crippen molar-refractivity contribution in [3.05, 3.63) is 99.7 Å². The SMILES string of the molecule is CCC1CN(c2cc(=O)n(C)c3ccc(C#N)nc23)[C@@H](CC)CN1C(c1cccc(F)c1)c1ccc(F)cn1. The highest BCUT2D eigenvalue weighted by Gasteiger charge is 2.38. The molecule has 0 amide bonds. The summed E-state index contributed by atoms with van der Waals surface area (Å²) in [5.74, 6) is -0.772. The van der Waals surface area contributed by atoms with Crippen molar-refractivity contribution in [3.8, 4) is 6.07 Å². The number of rotatable bonds is 6. The Morgan fingerprint density at radius 2 is 1.82 bits per heavy atom. The quantitative estimate of drug-likeness (QED) is 0.353. The van der Waals surface area contributed by atoms with Gasteiger partial charge in [-0.2, -0.15) is 5.26 Å². The zero-order valence-corrected chi connectivity index (χ0v) is 22.2. The molecule has 3 atom stereocenters. The molecule has 1 aliphatic heterocycles. The number of nitriles is 1. The Labute approximate surface area is 226 Å². The number of pyridine rings is 3. The summed E-state index contributed by atoms with van der Waals surface area (Å²) < 4.78 is 29.7. The lowest BCUT2D eigenvalue weighted by Gasteiger charge is -2.50. The van der Waals surface area contributed by atoms with Crippen molar-refractivity contribution in [2.75, 3.05) is 18.0 Å². The average Bonchev–Trinajstić information content (AvgIpc) is 2.95. The van der Waals surface area contributed by atoms with Gasteiger partial charge in [0.25, 0.3) is 5.56 Å². The number of piperazine rings is 1. The lowest BCUT2D eigenvalue weighted by molar-refractivity contribution is 0.109. The fraction of sp³-hybridized carbons (Fsp3) is 0.333. The van der Waals surface area contributed by atoms with Crippen LogP contribution in [0.2, 0.25) is 0 Å². The molecule has 5 rings (SSSR count). The Bertz CT molecular complexity index is 1600. The number of fused-ring (bicyclic) bond motifs is 1. The van der Waals surface area contributed by atoms with Gasteiger partial charge in [-0.3, -0.25) is 14.7 Å². The Balaban J connectivity index is 1.61. The van der Waals surface area contributed by atoms with E-state index in [0.29, 0.717) is 35.5 Å². The molecule has 0 aliphatic carbocycles. The largest absolute Gasteiger partial charge is 0.364 e. The third kappa shape index (κ3) is 5.00. The molecule has 0 saturated carbocycles. The van der Waals surface area contributed by atoms with Gasteiger partial charge in [-0.1, -0.05) is 26.0 Å². The van der Waals surface area contributed by atoms with Gasteiger partial charge in [-0.05, 0) is 54.8 Å². The third-order valence-corrected chi connectivity index (χ3v) is 7.70. The molecule has 1 aromatic carbocycles. The van der Waals surface area contributed by atoms with Crippen LogP contribution in [0.5, 0.6) is 0 Å². The topological polar surface area (TPSA) is 78.0 Å². The Hall–Kier alpha value is -4.16. The molecule has 0 radical (unpaired) electrons. The zero-order chi connectivity index (χ0) is 27.7. The van der Waals surface area contributed by atoms with E-state index in [9.17, 15) is 18.8 Å². The molecule has 200 valence electrons. The molecule has 39 heavy (non-hydrogen) atoms. The second kappa shape index (κ2) is 10.9. The van der Waals surface area contributed by atoms with Crippen molar-refractivity contribution in [2.45, 2.75) is 44.8 Å². The van der Waals surface area contributed by atoms with Crippen LogP contribution in [0.15, 0.2) is 65.6 Å². The van der Waals surface area contributed by atoms with E-state index in [1.165, 1.54) is 24.4 Å². The van der Waals surface area contributed by atoms with E-state index in [0.717, 1.165) is 18.4 Å². The van der Waals surface area contributed by atoms with Crippen molar-refractivity contribution < 1.29 is 8.78 Å². The highest BCUT2D eigenvalue weighted by atomic mass is 19.1. The molecule has 1 fully saturated rings. The monoisotopic (exact) mass is 528 g/mol. The minimum absolute atomic E-state index is 0.00572. The number of aryl methyl sites for hydroxylation is 1. The van der Waals surface area contributed by atoms with Gasteiger partial charge in [0.05, 0.1) is 29.1 Å². The maximum atomic E-state index is 14.4. The second-order valence-corrected chi connectivity index (χ2v) is 9.93. The second-order valence-electron chi connectivity index (χ2n) is 9.93.